The van der Waals surface area contributed by atoms with Gasteiger partial charge in [0, 0.05) is 30.6 Å². The molecule has 0 aliphatic carbocycles. The van der Waals surface area contributed by atoms with Gasteiger partial charge < -0.3 is 9.29 Å². The van der Waals surface area contributed by atoms with Crippen molar-refractivity contribution in [3.8, 4) is 11.3 Å². The van der Waals surface area contributed by atoms with E-state index in [4.69, 9.17) is 10.1 Å². The molecule has 0 atom stereocenters. The number of fused-ring (bicyclic) bond motifs is 1. The summed E-state index contributed by atoms with van der Waals surface area (Å²) >= 11 is 1.46. The average molecular weight is 424 g/mol. The minimum atomic E-state index is -0.261. The first-order valence-corrected chi connectivity index (χ1v) is 10.7. The summed E-state index contributed by atoms with van der Waals surface area (Å²) in [4.78, 5) is 16.9. The molecule has 4 rings (SSSR count). The van der Waals surface area contributed by atoms with E-state index in [1.807, 2.05) is 30.0 Å². The van der Waals surface area contributed by atoms with Crippen molar-refractivity contribution < 1.29 is 4.39 Å². The summed E-state index contributed by atoms with van der Waals surface area (Å²) in [5, 5.41) is 5.65. The topological polar surface area (TPSA) is 64.7 Å². The summed E-state index contributed by atoms with van der Waals surface area (Å²) < 4.78 is 20.0. The molecule has 0 unspecified atom stereocenters. The standard InChI is InChI=1S/C22H22FN5OS/c1-13-9-16(12-27(3)22(13)29)18-10-19-20(21(24-18)26-30-4)14(2)25-28(19)11-15-5-7-17(23)8-6-15/h5-10,12H,11H2,1-4H3,(H,24,26). The third kappa shape index (κ3) is 3.70. The summed E-state index contributed by atoms with van der Waals surface area (Å²) in [6.07, 6.45) is 3.73. The molecular formula is C22H22FN5OS. The Kier molecular flexibility index (Phi) is 5.34. The van der Waals surface area contributed by atoms with Crippen molar-refractivity contribution in [2.24, 2.45) is 7.05 Å². The number of hydrogen-bond donors (Lipinski definition) is 1. The predicted molar refractivity (Wildman–Crippen MR) is 120 cm³/mol. The molecule has 4 aromatic rings. The number of benzene rings is 1. The van der Waals surface area contributed by atoms with Crippen LogP contribution in [0.25, 0.3) is 22.2 Å². The number of aromatic nitrogens is 4. The van der Waals surface area contributed by atoms with Crippen LogP contribution in [0, 0.1) is 19.7 Å². The number of halogens is 1. The first-order chi connectivity index (χ1) is 14.4. The van der Waals surface area contributed by atoms with Crippen molar-refractivity contribution in [3.05, 3.63) is 75.6 Å². The fraction of sp³-hybridized carbons (Fsp3) is 0.227. The Morgan fingerprint density at radius 1 is 1.17 bits per heavy atom. The minimum Gasteiger partial charge on any atom is -0.318 e. The van der Waals surface area contributed by atoms with Crippen LogP contribution in [0.15, 0.2) is 47.4 Å². The van der Waals surface area contributed by atoms with Crippen LogP contribution in [-0.4, -0.2) is 25.6 Å². The average Bonchev–Trinajstić information content (AvgIpc) is 3.03. The Balaban J connectivity index is 1.90. The van der Waals surface area contributed by atoms with Gasteiger partial charge in [-0.15, -0.1) is 0 Å². The van der Waals surface area contributed by atoms with Crippen molar-refractivity contribution in [1.29, 1.82) is 0 Å². The fourth-order valence-electron chi connectivity index (χ4n) is 3.60. The van der Waals surface area contributed by atoms with Crippen LogP contribution in [0.2, 0.25) is 0 Å². The SMILES string of the molecule is CSNc1nc(-c2cc(C)c(=O)n(C)c2)cc2c1c(C)nn2Cc1ccc(F)cc1. The number of nitrogens with one attached hydrogen (secondary N) is 1. The van der Waals surface area contributed by atoms with E-state index in [1.165, 1.54) is 24.1 Å². The van der Waals surface area contributed by atoms with Gasteiger partial charge in [0.2, 0.25) is 0 Å². The predicted octanol–water partition coefficient (Wildman–Crippen LogP) is 4.29. The van der Waals surface area contributed by atoms with Gasteiger partial charge in [0.05, 0.1) is 28.8 Å². The molecule has 0 aliphatic heterocycles. The van der Waals surface area contributed by atoms with Crippen LogP contribution in [0.4, 0.5) is 10.2 Å². The second kappa shape index (κ2) is 7.95. The molecule has 1 aromatic carbocycles. The first kappa shape index (κ1) is 20.2. The second-order valence-electron chi connectivity index (χ2n) is 7.25. The van der Waals surface area contributed by atoms with Crippen molar-refractivity contribution in [1.82, 2.24) is 19.3 Å². The lowest BCUT2D eigenvalue weighted by Gasteiger charge is -2.11. The van der Waals surface area contributed by atoms with Crippen LogP contribution >= 0.6 is 11.9 Å². The Morgan fingerprint density at radius 2 is 1.90 bits per heavy atom. The second-order valence-corrected chi connectivity index (χ2v) is 7.87. The Morgan fingerprint density at radius 3 is 2.57 bits per heavy atom. The highest BCUT2D eigenvalue weighted by atomic mass is 32.2. The van der Waals surface area contributed by atoms with Crippen LogP contribution < -0.4 is 10.3 Å². The molecule has 30 heavy (non-hydrogen) atoms. The molecule has 0 fully saturated rings. The van der Waals surface area contributed by atoms with Gasteiger partial charge in [-0.25, -0.2) is 9.37 Å². The fourth-order valence-corrected chi connectivity index (χ4v) is 3.94. The molecule has 0 amide bonds. The Labute approximate surface area is 177 Å². The highest BCUT2D eigenvalue weighted by molar-refractivity contribution is 7.99. The summed E-state index contributed by atoms with van der Waals surface area (Å²) in [6, 6.07) is 10.3. The summed E-state index contributed by atoms with van der Waals surface area (Å²) in [5.41, 5.74) is 4.97. The summed E-state index contributed by atoms with van der Waals surface area (Å²) in [7, 11) is 1.74. The van der Waals surface area contributed by atoms with Crippen molar-refractivity contribution >= 4 is 28.7 Å². The van der Waals surface area contributed by atoms with Crippen molar-refractivity contribution in [3.63, 3.8) is 0 Å². The van der Waals surface area contributed by atoms with Crippen LogP contribution in [0.1, 0.15) is 16.8 Å². The number of pyridine rings is 2. The number of rotatable bonds is 5. The zero-order valence-electron chi connectivity index (χ0n) is 17.2. The molecule has 3 heterocycles. The molecule has 0 spiro atoms. The highest BCUT2D eigenvalue weighted by Gasteiger charge is 2.17. The maximum atomic E-state index is 13.3. The van der Waals surface area contributed by atoms with E-state index in [9.17, 15) is 9.18 Å². The lowest BCUT2D eigenvalue weighted by atomic mass is 10.1. The molecular weight excluding hydrogens is 401 g/mol. The van der Waals surface area contributed by atoms with Crippen molar-refractivity contribution in [2.75, 3.05) is 11.0 Å². The number of nitrogens with zero attached hydrogens (tertiary/aromatic N) is 4. The smallest absolute Gasteiger partial charge is 0.253 e. The molecule has 8 heteroatoms. The Hall–Kier alpha value is -3.13. The van der Waals surface area contributed by atoms with Gasteiger partial charge in [-0.1, -0.05) is 24.1 Å². The molecule has 0 radical (unpaired) electrons. The molecule has 0 aliphatic rings. The van der Waals surface area contributed by atoms with E-state index in [2.05, 4.69) is 4.72 Å². The third-order valence-corrected chi connectivity index (χ3v) is 5.41. The summed E-state index contributed by atoms with van der Waals surface area (Å²) in [6.45, 7) is 4.26. The molecule has 3 aromatic heterocycles. The number of hydrogen-bond acceptors (Lipinski definition) is 5. The maximum Gasteiger partial charge on any atom is 0.253 e. The van der Waals surface area contributed by atoms with Crippen molar-refractivity contribution in [2.45, 2.75) is 20.4 Å². The highest BCUT2D eigenvalue weighted by Crippen LogP contribution is 2.31. The van der Waals surface area contributed by atoms with Gasteiger partial charge in [-0.2, -0.15) is 5.10 Å². The largest absolute Gasteiger partial charge is 0.318 e. The third-order valence-electron chi connectivity index (χ3n) is 5.01. The van der Waals surface area contributed by atoms with Crippen LogP contribution in [0.3, 0.4) is 0 Å². The zero-order valence-corrected chi connectivity index (χ0v) is 18.0. The molecule has 6 nitrogen and oxygen atoms in total. The van der Waals surface area contributed by atoms with E-state index in [-0.39, 0.29) is 11.4 Å². The quantitative estimate of drug-likeness (QED) is 0.485. The molecule has 0 bridgehead atoms. The normalized spacial score (nSPS) is 11.2. The van der Waals surface area contributed by atoms with Gasteiger partial charge in [-0.05, 0) is 43.7 Å². The maximum absolute atomic E-state index is 13.3. The van der Waals surface area contributed by atoms with Gasteiger partial charge in [0.15, 0.2) is 0 Å². The molecule has 154 valence electrons. The van der Waals surface area contributed by atoms with E-state index in [0.717, 1.165) is 39.2 Å². The zero-order chi connectivity index (χ0) is 21.4. The van der Waals surface area contributed by atoms with Gasteiger partial charge in [0.1, 0.15) is 11.6 Å². The van der Waals surface area contributed by atoms with E-state index in [0.29, 0.717) is 12.1 Å². The van der Waals surface area contributed by atoms with Gasteiger partial charge in [-0.3, -0.25) is 9.48 Å². The van der Waals surface area contributed by atoms with Crippen LogP contribution in [0.5, 0.6) is 0 Å². The number of anilines is 1. The molecule has 0 saturated heterocycles. The minimum absolute atomic E-state index is 0.0283. The lowest BCUT2D eigenvalue weighted by molar-refractivity contribution is 0.625. The summed E-state index contributed by atoms with van der Waals surface area (Å²) in [5.74, 6) is 0.465. The van der Waals surface area contributed by atoms with Gasteiger partial charge >= 0.3 is 0 Å². The lowest BCUT2D eigenvalue weighted by Crippen LogP contribution is -2.18. The number of aryl methyl sites for hydroxylation is 3. The Bertz CT molecular complexity index is 1270. The van der Waals surface area contributed by atoms with E-state index >= 15 is 0 Å². The molecule has 1 N–H and O–H groups in total. The monoisotopic (exact) mass is 423 g/mol. The van der Waals surface area contributed by atoms with E-state index < -0.39 is 0 Å². The van der Waals surface area contributed by atoms with Gasteiger partial charge in [0.25, 0.3) is 5.56 Å². The first-order valence-electron chi connectivity index (χ1n) is 9.46. The molecule has 0 saturated carbocycles. The van der Waals surface area contributed by atoms with Crippen LogP contribution in [-0.2, 0) is 13.6 Å². The van der Waals surface area contributed by atoms with E-state index in [1.54, 1.807) is 36.9 Å².